The van der Waals surface area contributed by atoms with Crippen LogP contribution in [0.25, 0.3) is 27.7 Å². The molecule has 0 saturated heterocycles. The van der Waals surface area contributed by atoms with E-state index < -0.39 is 0 Å². The highest BCUT2D eigenvalue weighted by Crippen LogP contribution is 2.28. The van der Waals surface area contributed by atoms with Crippen molar-refractivity contribution >= 4 is 53.1 Å². The number of aromatic nitrogens is 3. The number of rotatable bonds is 8. The van der Waals surface area contributed by atoms with Crippen LogP contribution in [-0.4, -0.2) is 41.4 Å². The van der Waals surface area contributed by atoms with E-state index in [0.717, 1.165) is 40.7 Å². The zero-order valence-corrected chi connectivity index (χ0v) is 19.8. The summed E-state index contributed by atoms with van der Waals surface area (Å²) in [6, 6.07) is 23.3. The smallest absolute Gasteiger partial charge is 0.251 e. The van der Waals surface area contributed by atoms with E-state index in [1.807, 2.05) is 72.8 Å². The van der Waals surface area contributed by atoms with E-state index in [1.54, 1.807) is 10.7 Å². The molecule has 6 nitrogen and oxygen atoms in total. The molecule has 172 valence electrons. The maximum Gasteiger partial charge on any atom is 0.251 e. The molecule has 3 aromatic carbocycles. The summed E-state index contributed by atoms with van der Waals surface area (Å²) < 4.78 is 1.69. The highest BCUT2D eigenvalue weighted by molar-refractivity contribution is 6.36. The number of nitrogens with zero attached hydrogens (tertiary/aromatic N) is 3. The molecule has 0 saturated carbocycles. The lowest BCUT2D eigenvalue weighted by molar-refractivity contribution is 0.0953. The molecule has 5 aromatic rings. The number of nitrogens with one attached hydrogen (secondary N) is 2. The fourth-order valence-electron chi connectivity index (χ4n) is 4.01. The summed E-state index contributed by atoms with van der Waals surface area (Å²) in [5.41, 5.74) is 3.30. The van der Waals surface area contributed by atoms with Crippen molar-refractivity contribution in [2.24, 2.45) is 0 Å². The van der Waals surface area contributed by atoms with E-state index >= 15 is 0 Å². The average molecular weight is 480 g/mol. The monoisotopic (exact) mass is 479 g/mol. The summed E-state index contributed by atoms with van der Waals surface area (Å²) in [5, 5.41) is 13.6. The highest BCUT2D eigenvalue weighted by Gasteiger charge is 2.12. The Morgan fingerprint density at radius 3 is 2.57 bits per heavy atom. The Kier molecular flexibility index (Phi) is 6.68. The summed E-state index contributed by atoms with van der Waals surface area (Å²) in [6.45, 7) is 1.30. The average Bonchev–Trinajstić information content (AvgIpc) is 3.26. The Hall–Kier alpha value is -3.84. The second kappa shape index (κ2) is 10.2. The summed E-state index contributed by atoms with van der Waals surface area (Å²) in [6.07, 6.45) is 3.28. The van der Waals surface area contributed by atoms with Crippen LogP contribution < -0.4 is 16.1 Å². The second-order valence-electron chi connectivity index (χ2n) is 8.29. The molecule has 0 spiro atoms. The molecule has 8 heteroatoms. The maximum atomic E-state index is 12.5. The number of halogens is 1. The van der Waals surface area contributed by atoms with Gasteiger partial charge in [0.15, 0.2) is 5.65 Å². The second-order valence-corrected chi connectivity index (χ2v) is 8.70. The number of hydrogen-bond donors (Lipinski definition) is 2. The fourth-order valence-corrected chi connectivity index (χ4v) is 4.25. The standard InChI is InChI=1S/C27H23BClN5O/c28-22-17-32-34-25(16-24(33-26(22)34)21-9-3-4-10-23(21)29)30-13-5-6-14-31-27(35)20-12-11-18-7-1-2-8-19(18)15-20/h1-4,7-12,15-17,30H,5-6,13-14H2,(H,31,35). The Bertz CT molecular complexity index is 1520. The molecule has 0 fully saturated rings. The molecule has 0 aliphatic carbocycles. The first-order valence-electron chi connectivity index (χ1n) is 11.5. The zero-order chi connectivity index (χ0) is 24.2. The van der Waals surface area contributed by atoms with Gasteiger partial charge in [0.2, 0.25) is 0 Å². The molecule has 2 heterocycles. The third-order valence-corrected chi connectivity index (χ3v) is 6.19. The number of anilines is 1. The molecule has 0 aliphatic rings. The molecule has 2 aromatic heterocycles. The van der Waals surface area contributed by atoms with Crippen molar-refractivity contribution in [3.63, 3.8) is 0 Å². The van der Waals surface area contributed by atoms with Gasteiger partial charge in [-0.15, -0.1) is 0 Å². The molecule has 2 N–H and O–H groups in total. The van der Waals surface area contributed by atoms with E-state index in [-0.39, 0.29) is 5.91 Å². The van der Waals surface area contributed by atoms with Gasteiger partial charge in [-0.05, 0) is 47.3 Å². The summed E-state index contributed by atoms with van der Waals surface area (Å²) in [5.74, 6) is 0.720. The highest BCUT2D eigenvalue weighted by atomic mass is 35.5. The summed E-state index contributed by atoms with van der Waals surface area (Å²) in [7, 11) is 6.08. The van der Waals surface area contributed by atoms with Crippen molar-refractivity contribution in [1.82, 2.24) is 19.9 Å². The molecule has 0 bridgehead atoms. The van der Waals surface area contributed by atoms with Crippen molar-refractivity contribution in [2.75, 3.05) is 18.4 Å². The number of benzene rings is 3. The zero-order valence-electron chi connectivity index (χ0n) is 19.0. The van der Waals surface area contributed by atoms with Crippen LogP contribution >= 0.6 is 11.6 Å². The lowest BCUT2D eigenvalue weighted by Crippen LogP contribution is -2.24. The van der Waals surface area contributed by atoms with Crippen LogP contribution in [0.5, 0.6) is 0 Å². The molecule has 5 rings (SSSR count). The van der Waals surface area contributed by atoms with Crippen LogP contribution in [-0.2, 0) is 0 Å². The van der Waals surface area contributed by atoms with Crippen molar-refractivity contribution in [1.29, 1.82) is 0 Å². The maximum absolute atomic E-state index is 12.5. The van der Waals surface area contributed by atoms with Gasteiger partial charge in [0.1, 0.15) is 13.7 Å². The number of fused-ring (bicyclic) bond motifs is 2. The van der Waals surface area contributed by atoms with Gasteiger partial charge in [-0.3, -0.25) is 4.79 Å². The largest absolute Gasteiger partial charge is 0.370 e. The topological polar surface area (TPSA) is 71.3 Å². The molecule has 35 heavy (non-hydrogen) atoms. The first-order chi connectivity index (χ1) is 17.1. The van der Waals surface area contributed by atoms with Gasteiger partial charge in [0, 0.05) is 41.5 Å². The summed E-state index contributed by atoms with van der Waals surface area (Å²) in [4.78, 5) is 17.2. The van der Waals surface area contributed by atoms with Crippen LogP contribution in [0.1, 0.15) is 23.2 Å². The van der Waals surface area contributed by atoms with Crippen molar-refractivity contribution in [3.8, 4) is 11.3 Å². The predicted octanol–water partition coefficient (Wildman–Crippen LogP) is 4.62. The van der Waals surface area contributed by atoms with Crippen LogP contribution in [0.3, 0.4) is 0 Å². The molecule has 0 atom stereocenters. The normalized spacial score (nSPS) is 11.1. The number of amides is 1. The SMILES string of the molecule is [B]c1cnn2c(NCCCCNC(=O)c3ccc4ccccc4c3)cc(-c3ccccc3Cl)nc12. The van der Waals surface area contributed by atoms with Crippen LogP contribution in [0.4, 0.5) is 5.82 Å². The first kappa shape index (κ1) is 22.9. The van der Waals surface area contributed by atoms with Gasteiger partial charge in [-0.1, -0.05) is 60.1 Å². The minimum absolute atomic E-state index is 0.0593. The van der Waals surface area contributed by atoms with Crippen molar-refractivity contribution in [3.05, 3.63) is 89.6 Å². The minimum Gasteiger partial charge on any atom is -0.370 e. The van der Waals surface area contributed by atoms with E-state index in [2.05, 4.69) is 20.7 Å². The fraction of sp³-hybridized carbons (Fsp3) is 0.148. The molecule has 1 amide bonds. The van der Waals surface area contributed by atoms with E-state index in [1.165, 1.54) is 0 Å². The quantitative estimate of drug-likeness (QED) is 0.252. The third-order valence-electron chi connectivity index (χ3n) is 5.86. The van der Waals surface area contributed by atoms with Gasteiger partial charge in [-0.25, -0.2) is 4.98 Å². The lowest BCUT2D eigenvalue weighted by Gasteiger charge is -2.12. The summed E-state index contributed by atoms with van der Waals surface area (Å²) >= 11 is 6.39. The molecular formula is C27H23BClN5O. The lowest BCUT2D eigenvalue weighted by atomic mass is 10.0. The van der Waals surface area contributed by atoms with Gasteiger partial charge >= 0.3 is 0 Å². The number of hydrogen-bond acceptors (Lipinski definition) is 4. The van der Waals surface area contributed by atoms with Gasteiger partial charge in [0.25, 0.3) is 5.91 Å². The van der Waals surface area contributed by atoms with E-state index in [0.29, 0.717) is 34.8 Å². The Morgan fingerprint density at radius 2 is 1.71 bits per heavy atom. The number of carbonyl (C=O) groups is 1. The first-order valence-corrected chi connectivity index (χ1v) is 11.9. The van der Waals surface area contributed by atoms with Gasteiger partial charge < -0.3 is 10.6 Å². The van der Waals surface area contributed by atoms with Gasteiger partial charge in [0.05, 0.1) is 5.69 Å². The van der Waals surface area contributed by atoms with Crippen molar-refractivity contribution < 1.29 is 4.79 Å². The van der Waals surface area contributed by atoms with Gasteiger partial charge in [-0.2, -0.15) is 9.61 Å². The van der Waals surface area contributed by atoms with Crippen molar-refractivity contribution in [2.45, 2.75) is 12.8 Å². The predicted molar refractivity (Wildman–Crippen MR) is 143 cm³/mol. The minimum atomic E-state index is -0.0593. The number of carbonyl (C=O) groups excluding carboxylic acids is 1. The third kappa shape index (κ3) is 5.00. The molecule has 0 unspecified atom stereocenters. The molecular weight excluding hydrogens is 457 g/mol. The van der Waals surface area contributed by atoms with Crippen LogP contribution in [0.15, 0.2) is 79.0 Å². The Labute approximate surface area is 209 Å². The van der Waals surface area contributed by atoms with E-state index in [9.17, 15) is 4.79 Å². The Balaban J connectivity index is 1.18. The number of unbranched alkanes of at least 4 members (excludes halogenated alkanes) is 1. The molecule has 0 aliphatic heterocycles. The molecule has 2 radical (unpaired) electrons. The van der Waals surface area contributed by atoms with E-state index in [4.69, 9.17) is 19.4 Å². The Morgan fingerprint density at radius 1 is 0.943 bits per heavy atom. The van der Waals surface area contributed by atoms with Crippen LogP contribution in [0, 0.1) is 0 Å². The van der Waals surface area contributed by atoms with Crippen LogP contribution in [0.2, 0.25) is 5.02 Å².